The van der Waals surface area contributed by atoms with Gasteiger partial charge in [-0.25, -0.2) is 8.42 Å². The van der Waals surface area contributed by atoms with E-state index in [0.717, 1.165) is 5.56 Å². The molecule has 2 aromatic heterocycles. The second-order valence-corrected chi connectivity index (χ2v) is 7.23. The van der Waals surface area contributed by atoms with Gasteiger partial charge in [-0.1, -0.05) is 12.1 Å². The predicted octanol–water partition coefficient (Wildman–Crippen LogP) is 2.16. The third-order valence-corrected chi connectivity index (χ3v) is 4.45. The Hall–Kier alpha value is -2.87. The van der Waals surface area contributed by atoms with Gasteiger partial charge >= 0.3 is 0 Å². The van der Waals surface area contributed by atoms with Crippen LogP contribution in [0.3, 0.4) is 0 Å². The zero-order valence-corrected chi connectivity index (χ0v) is 13.6. The number of ether oxygens (including phenoxy) is 1. The van der Waals surface area contributed by atoms with E-state index in [0.29, 0.717) is 17.1 Å². The van der Waals surface area contributed by atoms with Crippen molar-refractivity contribution in [1.82, 2.24) is 15.2 Å². The minimum absolute atomic E-state index is 0.0220. The Kier molecular flexibility index (Phi) is 4.22. The zero-order valence-electron chi connectivity index (χ0n) is 12.8. The van der Waals surface area contributed by atoms with Crippen molar-refractivity contribution >= 4 is 9.84 Å². The van der Waals surface area contributed by atoms with E-state index in [4.69, 9.17) is 4.74 Å². The molecule has 0 bridgehead atoms. The SMILES string of the molecule is CS(=O)(=O)c1cccc(COc2ccc(-c3[nH]ncc3O)nc2)c1. The number of aromatic amines is 1. The molecule has 0 aliphatic rings. The number of nitrogens with zero attached hydrogens (tertiary/aromatic N) is 2. The van der Waals surface area contributed by atoms with E-state index >= 15 is 0 Å². The summed E-state index contributed by atoms with van der Waals surface area (Å²) in [5, 5.41) is 16.0. The molecule has 0 radical (unpaired) electrons. The normalized spacial score (nSPS) is 11.4. The van der Waals surface area contributed by atoms with Gasteiger partial charge < -0.3 is 9.84 Å². The summed E-state index contributed by atoms with van der Waals surface area (Å²) in [6.07, 6.45) is 3.99. The third-order valence-electron chi connectivity index (χ3n) is 3.34. The number of nitrogens with one attached hydrogen (secondary N) is 1. The molecule has 0 amide bonds. The molecule has 8 heteroatoms. The molecule has 0 aliphatic carbocycles. The lowest BCUT2D eigenvalue weighted by Gasteiger charge is -2.08. The maximum atomic E-state index is 11.6. The number of hydrogen-bond acceptors (Lipinski definition) is 6. The molecule has 2 N–H and O–H groups in total. The van der Waals surface area contributed by atoms with Crippen molar-refractivity contribution < 1.29 is 18.3 Å². The summed E-state index contributed by atoms with van der Waals surface area (Å²) in [7, 11) is -3.24. The Morgan fingerprint density at radius 1 is 1.21 bits per heavy atom. The van der Waals surface area contributed by atoms with E-state index in [2.05, 4.69) is 15.2 Å². The lowest BCUT2D eigenvalue weighted by Crippen LogP contribution is -2.00. The van der Waals surface area contributed by atoms with E-state index in [1.54, 1.807) is 36.4 Å². The van der Waals surface area contributed by atoms with Gasteiger partial charge in [-0.05, 0) is 29.8 Å². The van der Waals surface area contributed by atoms with Crippen LogP contribution in [0, 0.1) is 0 Å². The Morgan fingerprint density at radius 3 is 2.67 bits per heavy atom. The number of H-pyrrole nitrogens is 1. The minimum atomic E-state index is -3.24. The molecule has 3 aromatic rings. The molecular formula is C16H15N3O4S. The number of rotatable bonds is 5. The summed E-state index contributed by atoms with van der Waals surface area (Å²) < 4.78 is 28.7. The summed E-state index contributed by atoms with van der Waals surface area (Å²) in [4.78, 5) is 4.46. The van der Waals surface area contributed by atoms with Crippen molar-refractivity contribution in [3.05, 3.63) is 54.4 Å². The van der Waals surface area contributed by atoms with Crippen LogP contribution >= 0.6 is 0 Å². The Balaban J connectivity index is 1.70. The van der Waals surface area contributed by atoms with Crippen molar-refractivity contribution in [3.63, 3.8) is 0 Å². The molecule has 2 heterocycles. The molecule has 3 rings (SSSR count). The fourth-order valence-corrected chi connectivity index (χ4v) is 2.81. The quantitative estimate of drug-likeness (QED) is 0.734. The summed E-state index contributed by atoms with van der Waals surface area (Å²) in [6, 6.07) is 10.0. The van der Waals surface area contributed by atoms with Gasteiger partial charge in [0.1, 0.15) is 18.1 Å². The van der Waals surface area contributed by atoms with Crippen LogP contribution < -0.4 is 4.74 Å². The standard InChI is InChI=1S/C16H15N3O4S/c1-24(21,22)13-4-2-3-11(7-13)10-23-12-5-6-14(17-8-12)16-15(20)9-18-19-16/h2-9,20H,10H2,1H3,(H,18,19). The molecule has 1 aromatic carbocycles. The topological polar surface area (TPSA) is 105 Å². The van der Waals surface area contributed by atoms with Gasteiger partial charge in [-0.15, -0.1) is 0 Å². The minimum Gasteiger partial charge on any atom is -0.504 e. The van der Waals surface area contributed by atoms with Gasteiger partial charge in [-0.2, -0.15) is 5.10 Å². The lowest BCUT2D eigenvalue weighted by molar-refractivity contribution is 0.305. The van der Waals surface area contributed by atoms with Gasteiger partial charge in [0, 0.05) is 6.26 Å². The molecular weight excluding hydrogens is 330 g/mol. The zero-order chi connectivity index (χ0) is 17.2. The van der Waals surface area contributed by atoms with E-state index in [1.165, 1.54) is 18.6 Å². The summed E-state index contributed by atoms with van der Waals surface area (Å²) in [5.41, 5.74) is 1.71. The van der Waals surface area contributed by atoms with Crippen LogP contribution in [0.4, 0.5) is 0 Å². The molecule has 124 valence electrons. The van der Waals surface area contributed by atoms with Gasteiger partial charge in [0.25, 0.3) is 0 Å². The number of hydrogen-bond donors (Lipinski definition) is 2. The Bertz CT molecular complexity index is 949. The first kappa shape index (κ1) is 16.0. The van der Waals surface area contributed by atoms with Crippen molar-refractivity contribution in [2.75, 3.05) is 6.26 Å². The first-order valence-corrected chi connectivity index (χ1v) is 8.93. The number of aromatic nitrogens is 3. The van der Waals surface area contributed by atoms with Crippen LogP contribution in [0.15, 0.2) is 53.7 Å². The van der Waals surface area contributed by atoms with Crippen LogP contribution in [0.1, 0.15) is 5.56 Å². The second-order valence-electron chi connectivity index (χ2n) is 5.22. The van der Waals surface area contributed by atoms with Crippen LogP contribution in [-0.4, -0.2) is 35.0 Å². The average molecular weight is 345 g/mol. The van der Waals surface area contributed by atoms with Gasteiger partial charge in [0.2, 0.25) is 0 Å². The molecule has 0 saturated heterocycles. The molecule has 24 heavy (non-hydrogen) atoms. The highest BCUT2D eigenvalue weighted by Crippen LogP contribution is 2.25. The van der Waals surface area contributed by atoms with Gasteiger partial charge in [0.15, 0.2) is 15.6 Å². The van der Waals surface area contributed by atoms with E-state index < -0.39 is 9.84 Å². The predicted molar refractivity (Wildman–Crippen MR) is 87.4 cm³/mol. The van der Waals surface area contributed by atoms with Crippen molar-refractivity contribution in [2.45, 2.75) is 11.5 Å². The van der Waals surface area contributed by atoms with Gasteiger partial charge in [-0.3, -0.25) is 10.1 Å². The van der Waals surface area contributed by atoms with Crippen molar-refractivity contribution in [1.29, 1.82) is 0 Å². The molecule has 0 atom stereocenters. The highest BCUT2D eigenvalue weighted by Gasteiger charge is 2.09. The third kappa shape index (κ3) is 3.54. The number of sulfone groups is 1. The monoisotopic (exact) mass is 345 g/mol. The number of pyridine rings is 1. The number of aromatic hydroxyl groups is 1. The summed E-state index contributed by atoms with van der Waals surface area (Å²) in [5.74, 6) is 0.552. The smallest absolute Gasteiger partial charge is 0.175 e. The Morgan fingerprint density at radius 2 is 2.04 bits per heavy atom. The largest absolute Gasteiger partial charge is 0.504 e. The van der Waals surface area contributed by atoms with E-state index in [1.807, 2.05) is 0 Å². The highest BCUT2D eigenvalue weighted by atomic mass is 32.2. The average Bonchev–Trinajstić information content (AvgIpc) is 2.99. The molecule has 0 fully saturated rings. The van der Waals surface area contributed by atoms with E-state index in [9.17, 15) is 13.5 Å². The fraction of sp³-hybridized carbons (Fsp3) is 0.125. The van der Waals surface area contributed by atoms with Crippen molar-refractivity contribution in [2.24, 2.45) is 0 Å². The molecule has 0 aliphatic heterocycles. The summed E-state index contributed by atoms with van der Waals surface area (Å²) >= 11 is 0. The highest BCUT2D eigenvalue weighted by molar-refractivity contribution is 7.90. The molecule has 7 nitrogen and oxygen atoms in total. The first-order chi connectivity index (χ1) is 11.4. The van der Waals surface area contributed by atoms with Crippen LogP contribution in [0.2, 0.25) is 0 Å². The van der Waals surface area contributed by atoms with Crippen LogP contribution in [0.5, 0.6) is 11.5 Å². The summed E-state index contributed by atoms with van der Waals surface area (Å²) in [6.45, 7) is 0.222. The van der Waals surface area contributed by atoms with Crippen LogP contribution in [0.25, 0.3) is 11.4 Å². The maximum Gasteiger partial charge on any atom is 0.175 e. The van der Waals surface area contributed by atoms with E-state index in [-0.39, 0.29) is 17.3 Å². The fourth-order valence-electron chi connectivity index (χ4n) is 2.11. The Labute approximate surface area is 138 Å². The lowest BCUT2D eigenvalue weighted by atomic mass is 10.2. The van der Waals surface area contributed by atoms with Crippen molar-refractivity contribution in [3.8, 4) is 22.9 Å². The van der Waals surface area contributed by atoms with Gasteiger partial charge in [0.05, 0.1) is 23.0 Å². The first-order valence-electron chi connectivity index (χ1n) is 7.04. The molecule has 0 unspecified atom stereocenters. The molecule has 0 saturated carbocycles. The molecule has 0 spiro atoms. The van der Waals surface area contributed by atoms with Crippen LogP contribution in [-0.2, 0) is 16.4 Å². The number of benzene rings is 1. The second kappa shape index (κ2) is 6.32. The maximum absolute atomic E-state index is 11.6.